The van der Waals surface area contributed by atoms with Gasteiger partial charge in [0.1, 0.15) is 5.54 Å². The smallest absolute Gasteiger partial charge is 0.118 e. The van der Waals surface area contributed by atoms with E-state index in [2.05, 4.69) is 17.9 Å². The molecule has 62 valence electrons. The standard InChI is InChI=1S/C8H15N3/c1-2-4-11-5-3-8(10,6-9)7-11/h2-5,7,10H2,1H3. The molecule has 1 aliphatic heterocycles. The zero-order valence-corrected chi connectivity index (χ0v) is 7.01. The molecular formula is C8H15N3. The molecule has 1 aliphatic rings. The van der Waals surface area contributed by atoms with Crippen molar-refractivity contribution in [2.24, 2.45) is 5.73 Å². The molecule has 0 radical (unpaired) electrons. The second-order valence-electron chi connectivity index (χ2n) is 3.29. The Bertz CT molecular complexity index is 173. The highest BCUT2D eigenvalue weighted by Crippen LogP contribution is 2.17. The Hall–Kier alpha value is -0.590. The minimum atomic E-state index is -0.560. The minimum absolute atomic E-state index is 0.560. The van der Waals surface area contributed by atoms with Gasteiger partial charge in [0.15, 0.2) is 0 Å². The van der Waals surface area contributed by atoms with E-state index in [0.717, 1.165) is 32.5 Å². The number of rotatable bonds is 2. The molecule has 3 heteroatoms. The third kappa shape index (κ3) is 1.92. The highest BCUT2D eigenvalue weighted by atomic mass is 15.2. The van der Waals surface area contributed by atoms with Gasteiger partial charge in [-0.25, -0.2) is 0 Å². The lowest BCUT2D eigenvalue weighted by Crippen LogP contribution is -2.41. The van der Waals surface area contributed by atoms with Crippen LogP contribution in [0, 0.1) is 11.3 Å². The second-order valence-corrected chi connectivity index (χ2v) is 3.29. The lowest BCUT2D eigenvalue weighted by molar-refractivity contribution is 0.326. The number of nitriles is 1. The van der Waals surface area contributed by atoms with Gasteiger partial charge in [0.2, 0.25) is 0 Å². The molecule has 1 heterocycles. The van der Waals surface area contributed by atoms with Crippen molar-refractivity contribution in [3.63, 3.8) is 0 Å². The van der Waals surface area contributed by atoms with Crippen LogP contribution in [0.3, 0.4) is 0 Å². The van der Waals surface area contributed by atoms with E-state index in [0.29, 0.717) is 0 Å². The highest BCUT2D eigenvalue weighted by Gasteiger charge is 2.33. The molecule has 1 atom stereocenters. The van der Waals surface area contributed by atoms with Gasteiger partial charge in [0, 0.05) is 13.1 Å². The predicted octanol–water partition coefficient (Wildman–Crippen LogP) is 0.323. The van der Waals surface area contributed by atoms with Gasteiger partial charge in [-0.15, -0.1) is 0 Å². The Balaban J connectivity index is 2.41. The number of hydrogen-bond acceptors (Lipinski definition) is 3. The summed E-state index contributed by atoms with van der Waals surface area (Å²) in [5.41, 5.74) is 5.22. The Morgan fingerprint density at radius 2 is 2.45 bits per heavy atom. The number of nitrogens with two attached hydrogens (primary N) is 1. The summed E-state index contributed by atoms with van der Waals surface area (Å²) in [5.74, 6) is 0. The molecule has 1 rings (SSSR count). The van der Waals surface area contributed by atoms with Crippen molar-refractivity contribution in [3.8, 4) is 6.07 Å². The van der Waals surface area contributed by atoms with Crippen molar-refractivity contribution in [2.75, 3.05) is 19.6 Å². The second kappa shape index (κ2) is 3.21. The molecule has 0 aromatic heterocycles. The molecule has 11 heavy (non-hydrogen) atoms. The summed E-state index contributed by atoms with van der Waals surface area (Å²) in [6.07, 6.45) is 1.96. The van der Waals surface area contributed by atoms with Crippen molar-refractivity contribution >= 4 is 0 Å². The normalized spacial score (nSPS) is 32.1. The van der Waals surface area contributed by atoms with Crippen molar-refractivity contribution < 1.29 is 0 Å². The number of likely N-dealkylation sites (tertiary alicyclic amines) is 1. The molecule has 0 saturated carbocycles. The first-order valence-electron chi connectivity index (χ1n) is 4.13. The summed E-state index contributed by atoms with van der Waals surface area (Å²) in [7, 11) is 0. The van der Waals surface area contributed by atoms with Gasteiger partial charge in [-0.05, 0) is 19.4 Å². The minimum Gasteiger partial charge on any atom is -0.312 e. The van der Waals surface area contributed by atoms with Crippen LogP contribution in [0.4, 0.5) is 0 Å². The Morgan fingerprint density at radius 1 is 1.73 bits per heavy atom. The molecule has 0 spiro atoms. The summed E-state index contributed by atoms with van der Waals surface area (Å²) in [6.45, 7) is 4.94. The molecule has 0 aromatic carbocycles. The van der Waals surface area contributed by atoms with Gasteiger partial charge in [0.05, 0.1) is 6.07 Å². The average Bonchev–Trinajstić information content (AvgIpc) is 2.35. The topological polar surface area (TPSA) is 53.0 Å². The van der Waals surface area contributed by atoms with Crippen LogP contribution in [0.25, 0.3) is 0 Å². The van der Waals surface area contributed by atoms with Gasteiger partial charge in [-0.3, -0.25) is 0 Å². The predicted molar refractivity (Wildman–Crippen MR) is 43.9 cm³/mol. The average molecular weight is 153 g/mol. The van der Waals surface area contributed by atoms with Crippen LogP contribution in [0.5, 0.6) is 0 Å². The van der Waals surface area contributed by atoms with Crippen molar-refractivity contribution in [1.29, 1.82) is 5.26 Å². The van der Waals surface area contributed by atoms with Crippen LogP contribution in [0.1, 0.15) is 19.8 Å². The van der Waals surface area contributed by atoms with E-state index in [1.165, 1.54) is 0 Å². The van der Waals surface area contributed by atoms with Gasteiger partial charge >= 0.3 is 0 Å². The number of hydrogen-bond donors (Lipinski definition) is 1. The molecule has 1 fully saturated rings. The molecule has 0 bridgehead atoms. The zero-order chi connectivity index (χ0) is 8.32. The zero-order valence-electron chi connectivity index (χ0n) is 7.01. The SMILES string of the molecule is CCCN1CCC(N)(C#N)C1. The summed E-state index contributed by atoms with van der Waals surface area (Å²) >= 11 is 0. The quantitative estimate of drug-likeness (QED) is 0.621. The van der Waals surface area contributed by atoms with Crippen LogP contribution in [-0.4, -0.2) is 30.1 Å². The van der Waals surface area contributed by atoms with Crippen molar-refractivity contribution in [1.82, 2.24) is 4.90 Å². The molecule has 2 N–H and O–H groups in total. The fourth-order valence-corrected chi connectivity index (χ4v) is 1.51. The molecule has 0 amide bonds. The Kier molecular flexibility index (Phi) is 2.48. The molecular weight excluding hydrogens is 138 g/mol. The number of nitrogens with zero attached hydrogens (tertiary/aromatic N) is 2. The van der Waals surface area contributed by atoms with E-state index >= 15 is 0 Å². The van der Waals surface area contributed by atoms with Gasteiger partial charge in [-0.1, -0.05) is 6.92 Å². The summed E-state index contributed by atoms with van der Waals surface area (Å²) in [6, 6.07) is 2.16. The summed E-state index contributed by atoms with van der Waals surface area (Å²) < 4.78 is 0. The van der Waals surface area contributed by atoms with E-state index in [1.807, 2.05) is 0 Å². The first-order valence-corrected chi connectivity index (χ1v) is 4.13. The summed E-state index contributed by atoms with van der Waals surface area (Å²) in [4.78, 5) is 2.25. The van der Waals surface area contributed by atoms with Gasteiger partial charge < -0.3 is 10.6 Å². The van der Waals surface area contributed by atoms with Crippen LogP contribution in [-0.2, 0) is 0 Å². The monoisotopic (exact) mass is 153 g/mol. The lowest BCUT2D eigenvalue weighted by atomic mass is 10.0. The fraction of sp³-hybridized carbons (Fsp3) is 0.875. The summed E-state index contributed by atoms with van der Waals surface area (Å²) in [5, 5.41) is 8.71. The molecule has 1 saturated heterocycles. The molecule has 0 aliphatic carbocycles. The fourth-order valence-electron chi connectivity index (χ4n) is 1.51. The van der Waals surface area contributed by atoms with Crippen LogP contribution in [0.15, 0.2) is 0 Å². The first kappa shape index (κ1) is 8.51. The maximum atomic E-state index is 8.71. The van der Waals surface area contributed by atoms with E-state index < -0.39 is 5.54 Å². The van der Waals surface area contributed by atoms with Crippen LogP contribution in [0.2, 0.25) is 0 Å². The Labute approximate surface area is 67.8 Å². The van der Waals surface area contributed by atoms with E-state index in [-0.39, 0.29) is 0 Å². The van der Waals surface area contributed by atoms with Gasteiger partial charge in [-0.2, -0.15) is 5.26 Å². The lowest BCUT2D eigenvalue weighted by Gasteiger charge is -2.16. The first-order chi connectivity index (χ1) is 5.20. The maximum absolute atomic E-state index is 8.71. The van der Waals surface area contributed by atoms with Crippen LogP contribution < -0.4 is 5.73 Å². The van der Waals surface area contributed by atoms with Gasteiger partial charge in [0.25, 0.3) is 0 Å². The third-order valence-corrected chi connectivity index (χ3v) is 2.14. The van der Waals surface area contributed by atoms with Crippen LogP contribution >= 0.6 is 0 Å². The van der Waals surface area contributed by atoms with E-state index in [1.54, 1.807) is 0 Å². The van der Waals surface area contributed by atoms with Crippen molar-refractivity contribution in [3.05, 3.63) is 0 Å². The third-order valence-electron chi connectivity index (χ3n) is 2.14. The van der Waals surface area contributed by atoms with E-state index in [9.17, 15) is 0 Å². The molecule has 1 unspecified atom stereocenters. The Morgan fingerprint density at radius 3 is 2.91 bits per heavy atom. The molecule has 3 nitrogen and oxygen atoms in total. The maximum Gasteiger partial charge on any atom is 0.118 e. The molecule has 0 aromatic rings. The van der Waals surface area contributed by atoms with Crippen molar-refractivity contribution in [2.45, 2.75) is 25.3 Å². The van der Waals surface area contributed by atoms with E-state index in [4.69, 9.17) is 11.0 Å². The largest absolute Gasteiger partial charge is 0.312 e. The highest BCUT2D eigenvalue weighted by molar-refractivity contribution is 5.10.